The zero-order valence-corrected chi connectivity index (χ0v) is 19.4. The van der Waals surface area contributed by atoms with Crippen LogP contribution in [0.15, 0.2) is 71.3 Å². The van der Waals surface area contributed by atoms with Crippen LogP contribution in [0.25, 0.3) is 11.3 Å². The molecule has 158 valence electrons. The van der Waals surface area contributed by atoms with E-state index in [0.29, 0.717) is 10.9 Å². The Morgan fingerprint density at radius 2 is 1.87 bits per heavy atom. The number of carbonyl (C=O) groups is 1. The number of rotatable bonds is 7. The number of anilines is 2. The lowest BCUT2D eigenvalue weighted by Crippen LogP contribution is -2.22. The number of imidazole rings is 1. The van der Waals surface area contributed by atoms with Gasteiger partial charge in [0.1, 0.15) is 0 Å². The maximum absolute atomic E-state index is 12.3. The first-order chi connectivity index (χ1) is 15.1. The van der Waals surface area contributed by atoms with Gasteiger partial charge in [0.25, 0.3) is 0 Å². The zero-order chi connectivity index (χ0) is 21.8. The summed E-state index contributed by atoms with van der Waals surface area (Å²) in [6.07, 6.45) is 2.87. The molecule has 0 spiro atoms. The van der Waals surface area contributed by atoms with Gasteiger partial charge in [0.05, 0.1) is 23.3 Å². The molecule has 0 aliphatic rings. The topological polar surface area (TPSA) is 51.0 Å². The number of carbonyl (C=O) groups excluding carboxylic acids is 1. The minimum Gasteiger partial charge on any atom is -0.322 e. The first kappa shape index (κ1) is 21.3. The summed E-state index contributed by atoms with van der Waals surface area (Å²) < 4.78 is 2.10. The van der Waals surface area contributed by atoms with Crippen molar-refractivity contribution in [2.75, 3.05) is 4.90 Å². The van der Waals surface area contributed by atoms with E-state index in [0.717, 1.165) is 34.2 Å². The van der Waals surface area contributed by atoms with Crippen molar-refractivity contribution in [3.05, 3.63) is 77.4 Å². The van der Waals surface area contributed by atoms with Gasteiger partial charge >= 0.3 is 0 Å². The third-order valence-corrected chi connectivity index (χ3v) is 6.97. The van der Waals surface area contributed by atoms with Crippen LogP contribution in [0.5, 0.6) is 0 Å². The largest absolute Gasteiger partial charge is 0.322 e. The lowest BCUT2D eigenvalue weighted by atomic mass is 10.1. The fourth-order valence-corrected chi connectivity index (χ4v) is 5.15. The fraction of sp³-hybridized carbons (Fsp3) is 0.208. The Balaban J connectivity index is 1.48. The maximum atomic E-state index is 12.3. The van der Waals surface area contributed by atoms with Gasteiger partial charge in [-0.1, -0.05) is 61.2 Å². The van der Waals surface area contributed by atoms with Crippen LogP contribution in [-0.4, -0.2) is 20.4 Å². The molecule has 2 heterocycles. The second-order valence-corrected chi connectivity index (χ2v) is 8.91. The van der Waals surface area contributed by atoms with Crippen molar-refractivity contribution in [2.24, 2.45) is 7.05 Å². The molecule has 5 nitrogen and oxygen atoms in total. The molecule has 2 aromatic carbocycles. The van der Waals surface area contributed by atoms with Crippen molar-refractivity contribution in [1.82, 2.24) is 14.5 Å². The van der Waals surface area contributed by atoms with Gasteiger partial charge in [0.15, 0.2) is 10.3 Å². The van der Waals surface area contributed by atoms with Gasteiger partial charge in [-0.05, 0) is 29.7 Å². The summed E-state index contributed by atoms with van der Waals surface area (Å²) in [5.41, 5.74) is 5.25. The third-order valence-electron chi connectivity index (χ3n) is 5.01. The lowest BCUT2D eigenvalue weighted by molar-refractivity contribution is -0.115. The summed E-state index contributed by atoms with van der Waals surface area (Å²) >= 11 is 3.13. The van der Waals surface area contributed by atoms with Crippen LogP contribution in [0.4, 0.5) is 10.8 Å². The van der Waals surface area contributed by atoms with Crippen LogP contribution in [0.2, 0.25) is 0 Å². The van der Waals surface area contributed by atoms with E-state index in [9.17, 15) is 4.79 Å². The molecule has 4 rings (SSSR count). The van der Waals surface area contributed by atoms with Gasteiger partial charge in [-0.2, -0.15) is 0 Å². The summed E-state index contributed by atoms with van der Waals surface area (Å²) in [6.45, 7) is 3.69. The number of thiazole rings is 1. The summed E-state index contributed by atoms with van der Waals surface area (Å²) in [7, 11) is 2.03. The van der Waals surface area contributed by atoms with Gasteiger partial charge in [-0.3, -0.25) is 9.69 Å². The van der Waals surface area contributed by atoms with Gasteiger partial charge < -0.3 is 4.57 Å². The van der Waals surface area contributed by atoms with Gasteiger partial charge in [0, 0.05) is 25.1 Å². The lowest BCUT2D eigenvalue weighted by Gasteiger charge is -2.18. The molecule has 0 N–H and O–H groups in total. The van der Waals surface area contributed by atoms with Crippen LogP contribution in [-0.2, 0) is 24.0 Å². The Kier molecular flexibility index (Phi) is 6.53. The number of hydrogen-bond acceptors (Lipinski definition) is 5. The first-order valence-corrected chi connectivity index (χ1v) is 12.0. The molecule has 0 saturated carbocycles. The normalized spacial score (nSPS) is 10.9. The number of aryl methyl sites for hydroxylation is 1. The Bertz CT molecular complexity index is 1170. The highest BCUT2D eigenvalue weighted by Gasteiger charge is 2.18. The first-order valence-electron chi connectivity index (χ1n) is 10.1. The molecule has 2 aromatic heterocycles. The molecule has 0 aliphatic carbocycles. The van der Waals surface area contributed by atoms with Gasteiger partial charge in [-0.15, -0.1) is 11.3 Å². The minimum atomic E-state index is -0.0468. The van der Waals surface area contributed by atoms with Gasteiger partial charge in [-0.25, -0.2) is 9.97 Å². The molecule has 4 aromatic rings. The van der Waals surface area contributed by atoms with E-state index in [1.54, 1.807) is 23.6 Å². The van der Waals surface area contributed by atoms with Crippen LogP contribution in [0.1, 0.15) is 25.1 Å². The number of benzene rings is 2. The van der Waals surface area contributed by atoms with E-state index in [4.69, 9.17) is 4.98 Å². The number of hydrogen-bond donors (Lipinski definition) is 0. The van der Waals surface area contributed by atoms with E-state index in [1.807, 2.05) is 49.0 Å². The predicted molar refractivity (Wildman–Crippen MR) is 129 cm³/mol. The van der Waals surface area contributed by atoms with E-state index in [2.05, 4.69) is 40.7 Å². The Morgan fingerprint density at radius 3 is 2.55 bits per heavy atom. The van der Waals surface area contributed by atoms with Crippen molar-refractivity contribution >= 4 is 39.8 Å². The quantitative estimate of drug-likeness (QED) is 0.321. The summed E-state index contributed by atoms with van der Waals surface area (Å²) in [6, 6.07) is 18.3. The second-order valence-electron chi connectivity index (χ2n) is 7.14. The van der Waals surface area contributed by atoms with E-state index >= 15 is 0 Å². The van der Waals surface area contributed by atoms with Crippen molar-refractivity contribution in [1.29, 1.82) is 0 Å². The molecule has 0 fully saturated rings. The zero-order valence-electron chi connectivity index (χ0n) is 17.8. The molecule has 0 aliphatic heterocycles. The average Bonchev–Trinajstić information content (AvgIpc) is 3.40. The molecule has 0 unspecified atom stereocenters. The Labute approximate surface area is 190 Å². The number of thioether (sulfide) groups is 1. The molecule has 0 saturated heterocycles. The van der Waals surface area contributed by atoms with Crippen molar-refractivity contribution in [2.45, 2.75) is 31.2 Å². The molecular weight excluding hydrogens is 424 g/mol. The average molecular weight is 449 g/mol. The van der Waals surface area contributed by atoms with Crippen LogP contribution in [0.3, 0.4) is 0 Å². The highest BCUT2D eigenvalue weighted by atomic mass is 32.2. The summed E-state index contributed by atoms with van der Waals surface area (Å²) in [5, 5.41) is 3.64. The fourth-order valence-electron chi connectivity index (χ4n) is 3.32. The molecular formula is C24H24N4OS2. The molecule has 0 radical (unpaired) electrons. The number of aromatic nitrogens is 3. The van der Waals surface area contributed by atoms with E-state index < -0.39 is 0 Å². The van der Waals surface area contributed by atoms with Crippen molar-refractivity contribution < 1.29 is 4.79 Å². The summed E-state index contributed by atoms with van der Waals surface area (Å²) in [4.78, 5) is 23.3. The maximum Gasteiger partial charge on any atom is 0.230 e. The number of amides is 1. The van der Waals surface area contributed by atoms with Crippen molar-refractivity contribution in [3.8, 4) is 11.3 Å². The number of nitrogens with zero attached hydrogens (tertiary/aromatic N) is 4. The molecule has 7 heteroatoms. The highest BCUT2D eigenvalue weighted by molar-refractivity contribution is 7.98. The predicted octanol–water partition coefficient (Wildman–Crippen LogP) is 6.08. The van der Waals surface area contributed by atoms with Crippen LogP contribution >= 0.6 is 23.1 Å². The van der Waals surface area contributed by atoms with Crippen LogP contribution in [0, 0.1) is 0 Å². The highest BCUT2D eigenvalue weighted by Crippen LogP contribution is 2.32. The van der Waals surface area contributed by atoms with E-state index in [1.165, 1.54) is 16.9 Å². The standard InChI is InChI=1S/C24H24N4OS2/c1-4-18-10-12-21(13-11-18)28(17(2)29)24-26-20(16-31-24)15-30-23-25-14-22(27(23)3)19-8-6-5-7-9-19/h5-14,16H,4,15H2,1-3H3. The van der Waals surface area contributed by atoms with Crippen molar-refractivity contribution in [3.63, 3.8) is 0 Å². The Morgan fingerprint density at radius 1 is 1.13 bits per heavy atom. The molecule has 0 atom stereocenters. The minimum absolute atomic E-state index is 0.0468. The monoisotopic (exact) mass is 448 g/mol. The SMILES string of the molecule is CCc1ccc(N(C(C)=O)c2nc(CSc3ncc(-c4ccccc4)n3C)cs2)cc1. The third kappa shape index (κ3) is 4.73. The summed E-state index contributed by atoms with van der Waals surface area (Å²) in [5.74, 6) is 0.644. The van der Waals surface area contributed by atoms with Crippen LogP contribution < -0.4 is 4.90 Å². The molecule has 0 bridgehead atoms. The second kappa shape index (κ2) is 9.49. The molecule has 1 amide bonds. The smallest absolute Gasteiger partial charge is 0.230 e. The van der Waals surface area contributed by atoms with Gasteiger partial charge in [0.2, 0.25) is 5.91 Å². The van der Waals surface area contributed by atoms with E-state index in [-0.39, 0.29) is 5.91 Å². The Hall–Kier alpha value is -2.90. The molecule has 31 heavy (non-hydrogen) atoms.